The number of benzene rings is 1. The van der Waals surface area contributed by atoms with E-state index in [-0.39, 0.29) is 17.7 Å². The molecule has 0 bridgehead atoms. The molecule has 0 amide bonds. The van der Waals surface area contributed by atoms with Gasteiger partial charge in [-0.05, 0) is 32.8 Å². The van der Waals surface area contributed by atoms with Crippen LogP contribution in [0.2, 0.25) is 0 Å². The van der Waals surface area contributed by atoms with Crippen molar-refractivity contribution < 1.29 is 14.7 Å². The van der Waals surface area contributed by atoms with E-state index >= 15 is 0 Å². The molecule has 0 saturated carbocycles. The first kappa shape index (κ1) is 17.4. The van der Waals surface area contributed by atoms with Gasteiger partial charge in [0.15, 0.2) is 5.78 Å². The Hall–Kier alpha value is -1.68. The summed E-state index contributed by atoms with van der Waals surface area (Å²) >= 11 is 0. The first-order valence-corrected chi connectivity index (χ1v) is 7.35. The van der Waals surface area contributed by atoms with Gasteiger partial charge >= 0.3 is 5.97 Å². The second-order valence-corrected chi connectivity index (χ2v) is 6.36. The number of rotatable bonds is 7. The number of aryl methyl sites for hydroxylation is 1. The predicted molar refractivity (Wildman–Crippen MR) is 83.7 cm³/mol. The average Bonchev–Trinajstić information content (AvgIpc) is 2.36. The Balaban J connectivity index is 2.90. The van der Waals surface area contributed by atoms with Gasteiger partial charge in [-0.15, -0.1) is 0 Å². The molecule has 1 aromatic rings. The minimum Gasteiger partial charge on any atom is -0.481 e. The van der Waals surface area contributed by atoms with Crippen molar-refractivity contribution in [1.29, 1.82) is 0 Å². The molecule has 21 heavy (non-hydrogen) atoms. The highest BCUT2D eigenvalue weighted by Crippen LogP contribution is 2.13. The Labute approximate surface area is 126 Å². The zero-order valence-corrected chi connectivity index (χ0v) is 13.3. The summed E-state index contributed by atoms with van der Waals surface area (Å²) in [5, 5.41) is 12.1. The Kier molecular flexibility index (Phi) is 6.09. The SMILES string of the molecule is CCCc1ccc(C(=O)C(CC(=O)O)NC(C)(C)C)cc1. The molecule has 0 spiro atoms. The van der Waals surface area contributed by atoms with Crippen LogP contribution in [-0.2, 0) is 11.2 Å². The number of aliphatic carboxylic acids is 1. The standard InChI is InChI=1S/C17H25NO3/c1-5-6-12-7-9-13(10-8-12)16(21)14(11-15(19)20)18-17(2,3)4/h7-10,14,18H,5-6,11H2,1-4H3,(H,19,20). The second-order valence-electron chi connectivity index (χ2n) is 6.36. The monoisotopic (exact) mass is 291 g/mol. The van der Waals surface area contributed by atoms with Gasteiger partial charge in [0.25, 0.3) is 0 Å². The Morgan fingerprint density at radius 2 is 1.76 bits per heavy atom. The van der Waals surface area contributed by atoms with E-state index in [0.29, 0.717) is 5.56 Å². The summed E-state index contributed by atoms with van der Waals surface area (Å²) in [6, 6.07) is 6.73. The molecule has 1 atom stereocenters. The summed E-state index contributed by atoms with van der Waals surface area (Å²) < 4.78 is 0. The zero-order valence-electron chi connectivity index (χ0n) is 13.3. The summed E-state index contributed by atoms with van der Waals surface area (Å²) in [5.41, 5.74) is 1.42. The molecule has 0 aliphatic carbocycles. The van der Waals surface area contributed by atoms with Gasteiger partial charge in [-0.25, -0.2) is 0 Å². The second kappa shape index (κ2) is 7.36. The number of hydrogen-bond acceptors (Lipinski definition) is 3. The topological polar surface area (TPSA) is 66.4 Å². The number of carbonyl (C=O) groups is 2. The maximum Gasteiger partial charge on any atom is 0.305 e. The molecule has 0 aliphatic heterocycles. The minimum absolute atomic E-state index is 0.171. The first-order chi connectivity index (χ1) is 9.73. The fourth-order valence-electron chi connectivity index (χ4n) is 2.23. The molecule has 4 nitrogen and oxygen atoms in total. The molecule has 0 aromatic heterocycles. The van der Waals surface area contributed by atoms with Crippen LogP contribution >= 0.6 is 0 Å². The average molecular weight is 291 g/mol. The maximum atomic E-state index is 12.5. The number of carboxylic acids is 1. The van der Waals surface area contributed by atoms with Crippen molar-refractivity contribution in [3.8, 4) is 0 Å². The molecule has 0 saturated heterocycles. The summed E-state index contributed by atoms with van der Waals surface area (Å²) in [6.45, 7) is 7.85. The summed E-state index contributed by atoms with van der Waals surface area (Å²) in [6.07, 6.45) is 1.82. The van der Waals surface area contributed by atoms with Crippen LogP contribution in [0.25, 0.3) is 0 Å². The summed E-state index contributed by atoms with van der Waals surface area (Å²) in [4.78, 5) is 23.5. The van der Waals surface area contributed by atoms with Gasteiger partial charge in [-0.2, -0.15) is 0 Å². The van der Waals surface area contributed by atoms with Crippen molar-refractivity contribution in [2.45, 2.75) is 58.5 Å². The third kappa shape index (κ3) is 6.08. The largest absolute Gasteiger partial charge is 0.481 e. The van der Waals surface area contributed by atoms with Crippen molar-refractivity contribution in [2.24, 2.45) is 0 Å². The van der Waals surface area contributed by atoms with Crippen molar-refractivity contribution in [3.63, 3.8) is 0 Å². The van der Waals surface area contributed by atoms with E-state index < -0.39 is 12.0 Å². The third-order valence-electron chi connectivity index (χ3n) is 3.08. The molecule has 1 aromatic carbocycles. The third-order valence-corrected chi connectivity index (χ3v) is 3.08. The quantitative estimate of drug-likeness (QED) is 0.758. The number of Topliss-reactive ketones (excluding diaryl/α,β-unsaturated/α-hetero) is 1. The lowest BCUT2D eigenvalue weighted by Gasteiger charge is -2.27. The first-order valence-electron chi connectivity index (χ1n) is 7.35. The van der Waals surface area contributed by atoms with E-state index in [1.807, 2.05) is 32.9 Å². The number of nitrogens with one attached hydrogen (secondary N) is 1. The molecule has 0 radical (unpaired) electrons. The minimum atomic E-state index is -0.979. The van der Waals surface area contributed by atoms with Gasteiger partial charge in [0.1, 0.15) is 0 Å². The smallest absolute Gasteiger partial charge is 0.305 e. The predicted octanol–water partition coefficient (Wildman–Crippen LogP) is 3.05. The molecule has 0 heterocycles. The van der Waals surface area contributed by atoms with E-state index in [0.717, 1.165) is 12.8 Å². The zero-order chi connectivity index (χ0) is 16.0. The Morgan fingerprint density at radius 3 is 2.19 bits per heavy atom. The highest BCUT2D eigenvalue weighted by molar-refractivity contribution is 6.01. The van der Waals surface area contributed by atoms with Gasteiger partial charge in [0.2, 0.25) is 0 Å². The highest BCUT2D eigenvalue weighted by atomic mass is 16.4. The number of carbonyl (C=O) groups excluding carboxylic acids is 1. The lowest BCUT2D eigenvalue weighted by Crippen LogP contribution is -2.48. The van der Waals surface area contributed by atoms with Crippen molar-refractivity contribution in [1.82, 2.24) is 5.32 Å². The van der Waals surface area contributed by atoms with Crippen molar-refractivity contribution in [2.75, 3.05) is 0 Å². The van der Waals surface area contributed by atoms with Crippen LogP contribution in [0.15, 0.2) is 24.3 Å². The fraction of sp³-hybridized carbons (Fsp3) is 0.529. The molecule has 1 rings (SSSR count). The van der Waals surface area contributed by atoms with E-state index in [2.05, 4.69) is 12.2 Å². The van der Waals surface area contributed by atoms with E-state index in [1.165, 1.54) is 5.56 Å². The van der Waals surface area contributed by atoms with Gasteiger partial charge in [0, 0.05) is 11.1 Å². The van der Waals surface area contributed by atoms with Crippen molar-refractivity contribution >= 4 is 11.8 Å². The maximum absolute atomic E-state index is 12.5. The number of hydrogen-bond donors (Lipinski definition) is 2. The lowest BCUT2D eigenvalue weighted by atomic mass is 9.97. The van der Waals surface area contributed by atoms with Gasteiger partial charge in [-0.1, -0.05) is 37.6 Å². The van der Waals surface area contributed by atoms with Gasteiger partial charge in [-0.3, -0.25) is 9.59 Å². The van der Waals surface area contributed by atoms with Crippen molar-refractivity contribution in [3.05, 3.63) is 35.4 Å². The van der Waals surface area contributed by atoms with E-state index in [4.69, 9.17) is 5.11 Å². The van der Waals surface area contributed by atoms with Crippen LogP contribution in [0.1, 0.15) is 56.5 Å². The number of ketones is 1. The molecule has 116 valence electrons. The summed E-state index contributed by atoms with van der Waals surface area (Å²) in [7, 11) is 0. The Bertz CT molecular complexity index is 486. The van der Waals surface area contributed by atoms with Crippen LogP contribution in [0.3, 0.4) is 0 Å². The molecule has 2 N–H and O–H groups in total. The normalized spacial score (nSPS) is 13.0. The van der Waals surface area contributed by atoms with E-state index in [1.54, 1.807) is 12.1 Å². The molecular formula is C17H25NO3. The highest BCUT2D eigenvalue weighted by Gasteiger charge is 2.26. The molecule has 4 heteroatoms. The molecule has 0 aliphatic rings. The fourth-order valence-corrected chi connectivity index (χ4v) is 2.23. The van der Waals surface area contributed by atoms with Crippen LogP contribution in [0, 0.1) is 0 Å². The Morgan fingerprint density at radius 1 is 1.19 bits per heavy atom. The summed E-state index contributed by atoms with van der Waals surface area (Å²) in [5.74, 6) is -1.15. The van der Waals surface area contributed by atoms with E-state index in [9.17, 15) is 9.59 Å². The van der Waals surface area contributed by atoms with Crippen LogP contribution in [0.5, 0.6) is 0 Å². The van der Waals surface area contributed by atoms with Gasteiger partial charge in [0.05, 0.1) is 12.5 Å². The van der Waals surface area contributed by atoms with Gasteiger partial charge < -0.3 is 10.4 Å². The van der Waals surface area contributed by atoms with Crippen LogP contribution < -0.4 is 5.32 Å². The molecule has 0 fully saturated rings. The lowest BCUT2D eigenvalue weighted by molar-refractivity contribution is -0.137. The number of carboxylic acid groups (broad SMARTS) is 1. The molecule has 1 unspecified atom stereocenters. The molecular weight excluding hydrogens is 266 g/mol. The van der Waals surface area contributed by atoms with Crippen LogP contribution in [0.4, 0.5) is 0 Å². The van der Waals surface area contributed by atoms with Crippen LogP contribution in [-0.4, -0.2) is 28.4 Å².